The Balaban J connectivity index is 2.99. The summed E-state index contributed by atoms with van der Waals surface area (Å²) in [6.07, 6.45) is -0.133. The minimum Gasteiger partial charge on any atom is -0.481 e. The number of benzene rings is 1. The number of hydrogen-bond donors (Lipinski definition) is 2. The molecule has 0 bridgehead atoms. The maximum absolute atomic E-state index is 12.6. The average molecular weight is 294 g/mol. The maximum atomic E-state index is 12.6. The van der Waals surface area contributed by atoms with Gasteiger partial charge in [0, 0.05) is 24.8 Å². The molecular formula is C15H22N2O4. The fourth-order valence-electron chi connectivity index (χ4n) is 1.99. The Morgan fingerprint density at radius 2 is 1.76 bits per heavy atom. The molecule has 0 spiro atoms. The number of carboxylic acid groups (broad SMARTS) is 1. The van der Waals surface area contributed by atoms with E-state index in [2.05, 4.69) is 0 Å². The van der Waals surface area contributed by atoms with E-state index in [1.54, 1.807) is 24.3 Å². The molecule has 116 valence electrons. The molecule has 0 aromatic heterocycles. The highest BCUT2D eigenvalue weighted by atomic mass is 16.4. The van der Waals surface area contributed by atoms with Crippen molar-refractivity contribution in [2.45, 2.75) is 26.3 Å². The van der Waals surface area contributed by atoms with Crippen LogP contribution in [0.3, 0.4) is 0 Å². The fourth-order valence-corrected chi connectivity index (χ4v) is 1.99. The minimum absolute atomic E-state index is 0.0827. The van der Waals surface area contributed by atoms with Crippen molar-refractivity contribution >= 4 is 17.7 Å². The molecule has 1 rings (SSSR count). The summed E-state index contributed by atoms with van der Waals surface area (Å²) in [6, 6.07) is 8.56. The first kappa shape index (κ1) is 17.0. The van der Waals surface area contributed by atoms with Crippen LogP contribution in [0.15, 0.2) is 30.3 Å². The summed E-state index contributed by atoms with van der Waals surface area (Å²) < 4.78 is 0. The SMILES string of the molecule is CC(C)N(CCO)C(=O)N(CCC(=O)O)c1ccccc1. The Morgan fingerprint density at radius 1 is 1.14 bits per heavy atom. The van der Waals surface area contributed by atoms with Crippen molar-refractivity contribution in [3.8, 4) is 0 Å². The topological polar surface area (TPSA) is 81.1 Å². The van der Waals surface area contributed by atoms with Gasteiger partial charge in [-0.2, -0.15) is 0 Å². The highest BCUT2D eigenvalue weighted by Crippen LogP contribution is 2.17. The number of carbonyl (C=O) groups is 2. The molecule has 0 heterocycles. The van der Waals surface area contributed by atoms with E-state index < -0.39 is 5.97 Å². The Labute approximate surface area is 124 Å². The standard InChI is InChI=1S/C15H22N2O4/c1-12(2)16(10-11-18)15(21)17(9-8-14(19)20)13-6-4-3-5-7-13/h3-7,12,18H,8-11H2,1-2H3,(H,19,20). The quantitative estimate of drug-likeness (QED) is 0.803. The van der Waals surface area contributed by atoms with Gasteiger partial charge >= 0.3 is 12.0 Å². The highest BCUT2D eigenvalue weighted by molar-refractivity contribution is 5.92. The van der Waals surface area contributed by atoms with E-state index in [-0.39, 0.29) is 38.2 Å². The zero-order chi connectivity index (χ0) is 15.8. The summed E-state index contributed by atoms with van der Waals surface area (Å²) in [5.41, 5.74) is 0.646. The third-order valence-electron chi connectivity index (χ3n) is 3.06. The summed E-state index contributed by atoms with van der Waals surface area (Å²) in [4.78, 5) is 26.4. The molecule has 6 heteroatoms. The van der Waals surface area contributed by atoms with Crippen LogP contribution < -0.4 is 4.90 Å². The van der Waals surface area contributed by atoms with Gasteiger partial charge in [-0.1, -0.05) is 18.2 Å². The second kappa shape index (κ2) is 8.26. The van der Waals surface area contributed by atoms with Crippen LogP contribution in [0.2, 0.25) is 0 Å². The maximum Gasteiger partial charge on any atom is 0.324 e. The normalized spacial score (nSPS) is 10.5. The van der Waals surface area contributed by atoms with Crippen LogP contribution >= 0.6 is 0 Å². The number of urea groups is 1. The third-order valence-corrected chi connectivity index (χ3v) is 3.06. The van der Waals surface area contributed by atoms with Crippen LogP contribution in [0.4, 0.5) is 10.5 Å². The summed E-state index contributed by atoms with van der Waals surface area (Å²) >= 11 is 0. The first-order chi connectivity index (χ1) is 9.97. The molecule has 0 aliphatic rings. The number of aliphatic hydroxyl groups is 1. The molecular weight excluding hydrogens is 272 g/mol. The molecule has 0 aliphatic heterocycles. The van der Waals surface area contributed by atoms with E-state index in [9.17, 15) is 9.59 Å². The molecule has 6 nitrogen and oxygen atoms in total. The van der Waals surface area contributed by atoms with Gasteiger partial charge in [-0.25, -0.2) is 4.79 Å². The predicted molar refractivity (Wildman–Crippen MR) is 80.4 cm³/mol. The third kappa shape index (κ3) is 5.07. The second-order valence-electron chi connectivity index (χ2n) is 4.92. The molecule has 0 atom stereocenters. The van der Waals surface area contributed by atoms with Crippen LogP contribution in [0.25, 0.3) is 0 Å². The molecule has 0 aliphatic carbocycles. The number of aliphatic carboxylic acids is 1. The largest absolute Gasteiger partial charge is 0.481 e. The lowest BCUT2D eigenvalue weighted by Crippen LogP contribution is -2.48. The molecule has 0 fully saturated rings. The lowest BCUT2D eigenvalue weighted by atomic mass is 10.2. The zero-order valence-electron chi connectivity index (χ0n) is 12.4. The summed E-state index contributed by atoms with van der Waals surface area (Å²) in [6.45, 7) is 3.88. The van der Waals surface area contributed by atoms with E-state index in [0.29, 0.717) is 5.69 Å². The summed E-state index contributed by atoms with van der Waals surface area (Å²) in [5, 5.41) is 17.9. The Kier molecular flexibility index (Phi) is 6.68. The average Bonchev–Trinajstić information content (AvgIpc) is 2.45. The molecule has 2 N–H and O–H groups in total. The lowest BCUT2D eigenvalue weighted by molar-refractivity contribution is -0.136. The van der Waals surface area contributed by atoms with Gasteiger partial charge < -0.3 is 15.1 Å². The van der Waals surface area contributed by atoms with Crippen LogP contribution in [0.1, 0.15) is 20.3 Å². The van der Waals surface area contributed by atoms with Gasteiger partial charge in [0.2, 0.25) is 0 Å². The first-order valence-corrected chi connectivity index (χ1v) is 6.93. The summed E-state index contributed by atoms with van der Waals surface area (Å²) in [5.74, 6) is -0.956. The Morgan fingerprint density at radius 3 is 2.24 bits per heavy atom. The van der Waals surface area contributed by atoms with Gasteiger partial charge in [0.1, 0.15) is 0 Å². The van der Waals surface area contributed by atoms with Crippen molar-refractivity contribution in [3.05, 3.63) is 30.3 Å². The number of aliphatic hydroxyl groups excluding tert-OH is 1. The molecule has 0 saturated heterocycles. The van der Waals surface area contributed by atoms with E-state index in [4.69, 9.17) is 10.2 Å². The number of amides is 2. The van der Waals surface area contributed by atoms with Gasteiger partial charge in [-0.05, 0) is 26.0 Å². The van der Waals surface area contributed by atoms with Crippen molar-refractivity contribution in [2.75, 3.05) is 24.6 Å². The zero-order valence-corrected chi connectivity index (χ0v) is 12.4. The van der Waals surface area contributed by atoms with Crippen LogP contribution in [-0.4, -0.2) is 52.9 Å². The highest BCUT2D eigenvalue weighted by Gasteiger charge is 2.24. The monoisotopic (exact) mass is 294 g/mol. The molecule has 0 unspecified atom stereocenters. The van der Waals surface area contributed by atoms with Gasteiger partial charge in [0.15, 0.2) is 0 Å². The summed E-state index contributed by atoms with van der Waals surface area (Å²) in [7, 11) is 0. The number of anilines is 1. The van der Waals surface area contributed by atoms with Crippen molar-refractivity contribution in [3.63, 3.8) is 0 Å². The van der Waals surface area contributed by atoms with Crippen molar-refractivity contribution in [2.24, 2.45) is 0 Å². The molecule has 0 radical (unpaired) electrons. The number of nitrogens with zero attached hydrogens (tertiary/aromatic N) is 2. The molecule has 0 saturated carbocycles. The predicted octanol–water partition coefficient (Wildman–Crippen LogP) is 1.79. The number of carbonyl (C=O) groups excluding carboxylic acids is 1. The van der Waals surface area contributed by atoms with E-state index in [0.717, 1.165) is 0 Å². The number of carboxylic acids is 1. The minimum atomic E-state index is -0.956. The second-order valence-corrected chi connectivity index (χ2v) is 4.92. The van der Waals surface area contributed by atoms with Gasteiger partial charge in [0.05, 0.1) is 13.0 Å². The Bertz CT molecular complexity index is 462. The van der Waals surface area contributed by atoms with Crippen molar-refractivity contribution in [1.82, 2.24) is 4.90 Å². The molecule has 2 amide bonds. The number of rotatable bonds is 7. The van der Waals surface area contributed by atoms with Crippen LogP contribution in [0, 0.1) is 0 Å². The van der Waals surface area contributed by atoms with Gasteiger partial charge in [-0.3, -0.25) is 9.69 Å². The van der Waals surface area contributed by atoms with E-state index in [1.165, 1.54) is 9.80 Å². The fraction of sp³-hybridized carbons (Fsp3) is 0.467. The Hall–Kier alpha value is -2.08. The molecule has 1 aromatic rings. The smallest absolute Gasteiger partial charge is 0.324 e. The molecule has 21 heavy (non-hydrogen) atoms. The lowest BCUT2D eigenvalue weighted by Gasteiger charge is -2.32. The molecule has 1 aromatic carbocycles. The van der Waals surface area contributed by atoms with Crippen molar-refractivity contribution in [1.29, 1.82) is 0 Å². The number of hydrogen-bond acceptors (Lipinski definition) is 3. The first-order valence-electron chi connectivity index (χ1n) is 6.93. The van der Waals surface area contributed by atoms with Crippen LogP contribution in [-0.2, 0) is 4.79 Å². The van der Waals surface area contributed by atoms with Crippen molar-refractivity contribution < 1.29 is 19.8 Å². The number of para-hydroxylation sites is 1. The van der Waals surface area contributed by atoms with Gasteiger partial charge in [-0.15, -0.1) is 0 Å². The van der Waals surface area contributed by atoms with E-state index in [1.807, 2.05) is 19.9 Å². The van der Waals surface area contributed by atoms with Crippen LogP contribution in [0.5, 0.6) is 0 Å². The van der Waals surface area contributed by atoms with E-state index >= 15 is 0 Å². The van der Waals surface area contributed by atoms with Gasteiger partial charge in [0.25, 0.3) is 0 Å².